The van der Waals surface area contributed by atoms with Crippen molar-refractivity contribution in [3.05, 3.63) is 23.8 Å². The van der Waals surface area contributed by atoms with Crippen LogP contribution in [-0.4, -0.2) is 47.3 Å². The van der Waals surface area contributed by atoms with Crippen LogP contribution < -0.4 is 0 Å². The Kier molecular flexibility index (Phi) is 4.49. The van der Waals surface area contributed by atoms with E-state index in [0.717, 1.165) is 12.8 Å². The Bertz CT molecular complexity index is 465. The summed E-state index contributed by atoms with van der Waals surface area (Å²) in [5, 5.41) is 19.0. The Labute approximate surface area is 118 Å². The molecular formula is C15H21NO4. The van der Waals surface area contributed by atoms with E-state index in [1.807, 2.05) is 6.92 Å². The van der Waals surface area contributed by atoms with Gasteiger partial charge in [-0.25, -0.2) is 0 Å². The minimum Gasteiger partial charge on any atom is -0.508 e. The minimum absolute atomic E-state index is 0.112. The summed E-state index contributed by atoms with van der Waals surface area (Å²) < 4.78 is 5.06. The number of carbonyl (C=O) groups excluding carboxylic acids is 1. The van der Waals surface area contributed by atoms with E-state index >= 15 is 0 Å². The van der Waals surface area contributed by atoms with Crippen LogP contribution in [0, 0.1) is 5.92 Å². The maximum absolute atomic E-state index is 12.6. The predicted octanol–water partition coefficient (Wildman–Crippen LogP) is 1.98. The molecule has 0 bridgehead atoms. The van der Waals surface area contributed by atoms with Crippen molar-refractivity contribution < 1.29 is 19.7 Å². The molecule has 110 valence electrons. The molecule has 5 nitrogen and oxygen atoms in total. The van der Waals surface area contributed by atoms with Gasteiger partial charge >= 0.3 is 0 Å². The van der Waals surface area contributed by atoms with Crippen LogP contribution in [0.5, 0.6) is 11.5 Å². The lowest BCUT2D eigenvalue weighted by atomic mass is 10.1. The summed E-state index contributed by atoms with van der Waals surface area (Å²) in [7, 11) is 1.60. The first-order valence-electron chi connectivity index (χ1n) is 6.86. The molecule has 20 heavy (non-hydrogen) atoms. The lowest BCUT2D eigenvalue weighted by Gasteiger charge is -2.29. The van der Waals surface area contributed by atoms with Gasteiger partial charge in [-0.2, -0.15) is 0 Å². The zero-order chi connectivity index (χ0) is 14.7. The fraction of sp³-hybridized carbons (Fsp3) is 0.533. The Morgan fingerprint density at radius 1 is 1.35 bits per heavy atom. The highest BCUT2D eigenvalue weighted by molar-refractivity contribution is 5.95. The van der Waals surface area contributed by atoms with Gasteiger partial charge in [0, 0.05) is 31.3 Å². The van der Waals surface area contributed by atoms with Gasteiger partial charge in [-0.05, 0) is 37.8 Å². The number of phenols is 2. The van der Waals surface area contributed by atoms with Gasteiger partial charge in [0.25, 0.3) is 5.91 Å². The standard InChI is InChI=1S/C15H21NO4/c1-10(11-3-4-11)16(5-6-20-2)15(19)12-7-13(17)9-14(18)8-12/h7-11,17-18H,3-6H2,1-2H3. The number of benzene rings is 1. The molecule has 0 spiro atoms. The lowest BCUT2D eigenvalue weighted by Crippen LogP contribution is -2.42. The van der Waals surface area contributed by atoms with Crippen LogP contribution in [0.25, 0.3) is 0 Å². The summed E-state index contributed by atoms with van der Waals surface area (Å²) in [6, 6.07) is 4.10. The first kappa shape index (κ1) is 14.7. The largest absolute Gasteiger partial charge is 0.508 e. The van der Waals surface area contributed by atoms with Gasteiger partial charge in [-0.3, -0.25) is 4.79 Å². The van der Waals surface area contributed by atoms with Crippen molar-refractivity contribution in [1.29, 1.82) is 0 Å². The highest BCUT2D eigenvalue weighted by Crippen LogP contribution is 2.35. The number of aromatic hydroxyl groups is 2. The zero-order valence-electron chi connectivity index (χ0n) is 11.9. The second-order valence-electron chi connectivity index (χ2n) is 5.31. The Balaban J connectivity index is 2.19. The summed E-state index contributed by atoms with van der Waals surface area (Å²) in [6.45, 7) is 3.00. The number of carbonyl (C=O) groups is 1. The van der Waals surface area contributed by atoms with Crippen LogP contribution in [0.15, 0.2) is 18.2 Å². The monoisotopic (exact) mass is 279 g/mol. The molecule has 1 aliphatic rings. The van der Waals surface area contributed by atoms with Gasteiger partial charge in [0.15, 0.2) is 0 Å². The van der Waals surface area contributed by atoms with E-state index in [0.29, 0.717) is 24.6 Å². The topological polar surface area (TPSA) is 70.0 Å². The molecule has 1 fully saturated rings. The Hall–Kier alpha value is -1.75. The molecule has 0 heterocycles. The minimum atomic E-state index is -0.187. The highest BCUT2D eigenvalue weighted by Gasteiger charge is 2.34. The van der Waals surface area contributed by atoms with Gasteiger partial charge in [0.05, 0.1) is 6.61 Å². The molecule has 2 N–H and O–H groups in total. The van der Waals surface area contributed by atoms with Crippen molar-refractivity contribution in [2.24, 2.45) is 5.92 Å². The molecule has 1 saturated carbocycles. The molecular weight excluding hydrogens is 258 g/mol. The third kappa shape index (κ3) is 3.42. The smallest absolute Gasteiger partial charge is 0.254 e. The third-order valence-electron chi connectivity index (χ3n) is 3.74. The number of ether oxygens (including phenoxy) is 1. The maximum Gasteiger partial charge on any atom is 0.254 e. The fourth-order valence-corrected chi connectivity index (χ4v) is 2.40. The molecule has 1 atom stereocenters. The van der Waals surface area contributed by atoms with Gasteiger partial charge in [0.1, 0.15) is 11.5 Å². The van der Waals surface area contributed by atoms with E-state index in [-0.39, 0.29) is 23.4 Å². The van der Waals surface area contributed by atoms with Crippen molar-refractivity contribution in [2.75, 3.05) is 20.3 Å². The van der Waals surface area contributed by atoms with Crippen molar-refractivity contribution >= 4 is 5.91 Å². The van der Waals surface area contributed by atoms with Gasteiger partial charge in [-0.1, -0.05) is 0 Å². The van der Waals surface area contributed by atoms with Crippen molar-refractivity contribution in [1.82, 2.24) is 4.90 Å². The second kappa shape index (κ2) is 6.13. The lowest BCUT2D eigenvalue weighted by molar-refractivity contribution is 0.0594. The number of rotatable bonds is 6. The third-order valence-corrected chi connectivity index (χ3v) is 3.74. The zero-order valence-corrected chi connectivity index (χ0v) is 11.9. The molecule has 1 amide bonds. The summed E-state index contributed by atoms with van der Waals surface area (Å²) in [4.78, 5) is 14.3. The van der Waals surface area contributed by atoms with Crippen LogP contribution in [0.1, 0.15) is 30.1 Å². The molecule has 1 unspecified atom stereocenters. The molecule has 1 aliphatic carbocycles. The molecule has 0 aliphatic heterocycles. The molecule has 0 radical (unpaired) electrons. The second-order valence-corrected chi connectivity index (χ2v) is 5.31. The fourth-order valence-electron chi connectivity index (χ4n) is 2.40. The molecule has 1 aromatic rings. The van der Waals surface area contributed by atoms with Crippen molar-refractivity contribution in [2.45, 2.75) is 25.8 Å². The van der Waals surface area contributed by atoms with E-state index in [1.165, 1.54) is 18.2 Å². The molecule has 5 heteroatoms. The number of phenolic OH excluding ortho intramolecular Hbond substituents is 2. The Morgan fingerprint density at radius 3 is 2.45 bits per heavy atom. The van der Waals surface area contributed by atoms with Crippen LogP contribution in [0.3, 0.4) is 0 Å². The molecule has 1 aromatic carbocycles. The van der Waals surface area contributed by atoms with E-state index in [1.54, 1.807) is 12.0 Å². The molecule has 0 aromatic heterocycles. The van der Waals surface area contributed by atoms with Gasteiger partial charge in [0.2, 0.25) is 0 Å². The number of amides is 1. The summed E-state index contributed by atoms with van der Waals surface area (Å²) in [5.74, 6) is 0.132. The highest BCUT2D eigenvalue weighted by atomic mass is 16.5. The Morgan fingerprint density at radius 2 is 1.95 bits per heavy atom. The predicted molar refractivity (Wildman–Crippen MR) is 74.9 cm³/mol. The van der Waals surface area contributed by atoms with Crippen LogP contribution in [0.2, 0.25) is 0 Å². The summed E-state index contributed by atoms with van der Waals surface area (Å²) >= 11 is 0. The number of hydrogen-bond donors (Lipinski definition) is 2. The van der Waals surface area contributed by atoms with Crippen LogP contribution in [0.4, 0.5) is 0 Å². The van der Waals surface area contributed by atoms with Crippen LogP contribution >= 0.6 is 0 Å². The van der Waals surface area contributed by atoms with Gasteiger partial charge in [-0.15, -0.1) is 0 Å². The van der Waals surface area contributed by atoms with Crippen molar-refractivity contribution in [3.63, 3.8) is 0 Å². The van der Waals surface area contributed by atoms with E-state index in [9.17, 15) is 15.0 Å². The van der Waals surface area contributed by atoms with Gasteiger partial charge < -0.3 is 19.8 Å². The number of hydrogen-bond acceptors (Lipinski definition) is 4. The number of nitrogens with zero attached hydrogens (tertiary/aromatic N) is 1. The molecule has 0 saturated heterocycles. The SMILES string of the molecule is COCCN(C(=O)c1cc(O)cc(O)c1)C(C)C1CC1. The summed E-state index contributed by atoms with van der Waals surface area (Å²) in [6.07, 6.45) is 2.28. The van der Waals surface area contributed by atoms with E-state index in [2.05, 4.69) is 0 Å². The first-order chi connectivity index (χ1) is 9.52. The van der Waals surface area contributed by atoms with E-state index < -0.39 is 0 Å². The first-order valence-corrected chi connectivity index (χ1v) is 6.86. The van der Waals surface area contributed by atoms with Crippen molar-refractivity contribution in [3.8, 4) is 11.5 Å². The van der Waals surface area contributed by atoms with Crippen LogP contribution in [-0.2, 0) is 4.74 Å². The summed E-state index contributed by atoms with van der Waals surface area (Å²) in [5.41, 5.74) is 0.297. The maximum atomic E-state index is 12.6. The molecule has 2 rings (SSSR count). The normalized spacial score (nSPS) is 15.9. The average molecular weight is 279 g/mol. The number of methoxy groups -OCH3 is 1. The average Bonchev–Trinajstić information content (AvgIpc) is 3.21. The van der Waals surface area contributed by atoms with E-state index in [4.69, 9.17) is 4.74 Å². The quantitative estimate of drug-likeness (QED) is 0.835.